The number of hydrazine groups is 1. The number of hydrogen-bond donors (Lipinski definition) is 3. The van der Waals surface area contributed by atoms with Gasteiger partial charge in [0.2, 0.25) is 0 Å². The summed E-state index contributed by atoms with van der Waals surface area (Å²) in [6.45, 7) is 4.48. The van der Waals surface area contributed by atoms with Gasteiger partial charge in [-0.3, -0.25) is 15.6 Å². The molecule has 0 saturated carbocycles. The largest absolute Gasteiger partial charge is 0.347 e. The monoisotopic (exact) mass is 290 g/mol. The molecule has 0 aromatic carbocycles. The zero-order chi connectivity index (χ0) is 14.5. The van der Waals surface area contributed by atoms with E-state index in [1.165, 1.54) is 11.1 Å². The van der Waals surface area contributed by atoms with Crippen LogP contribution in [0.1, 0.15) is 32.7 Å². The van der Waals surface area contributed by atoms with Gasteiger partial charge in [0, 0.05) is 21.6 Å². The quantitative estimate of drug-likeness (QED) is 0.583. The summed E-state index contributed by atoms with van der Waals surface area (Å²) in [6.07, 6.45) is 2.55. The van der Waals surface area contributed by atoms with Crippen molar-refractivity contribution in [2.24, 2.45) is 5.84 Å². The van der Waals surface area contributed by atoms with Crippen LogP contribution in [0.5, 0.6) is 0 Å². The van der Waals surface area contributed by atoms with E-state index in [1.807, 2.05) is 13.0 Å². The topological polar surface area (TPSA) is 80.0 Å². The molecular weight excluding hydrogens is 272 g/mol. The van der Waals surface area contributed by atoms with Crippen LogP contribution in [0.25, 0.3) is 0 Å². The van der Waals surface area contributed by atoms with E-state index in [4.69, 9.17) is 5.84 Å². The van der Waals surface area contributed by atoms with Crippen molar-refractivity contribution in [2.45, 2.75) is 26.8 Å². The van der Waals surface area contributed by atoms with Crippen LogP contribution in [-0.2, 0) is 13.0 Å². The Morgan fingerprint density at radius 2 is 2.15 bits per heavy atom. The van der Waals surface area contributed by atoms with Gasteiger partial charge in [0.15, 0.2) is 0 Å². The molecule has 2 rings (SSSR count). The first-order valence-electron chi connectivity index (χ1n) is 6.43. The molecule has 0 spiro atoms. The van der Waals surface area contributed by atoms with E-state index in [0.717, 1.165) is 17.0 Å². The Kier molecular flexibility index (Phi) is 4.70. The maximum Gasteiger partial charge on any atom is 0.255 e. The first kappa shape index (κ1) is 14.5. The van der Waals surface area contributed by atoms with Crippen molar-refractivity contribution in [3.05, 3.63) is 45.4 Å². The van der Waals surface area contributed by atoms with Gasteiger partial charge in [0.25, 0.3) is 5.91 Å². The van der Waals surface area contributed by atoms with Crippen LogP contribution in [0.3, 0.4) is 0 Å². The van der Waals surface area contributed by atoms with Crippen molar-refractivity contribution < 1.29 is 4.79 Å². The number of thiophene rings is 1. The van der Waals surface area contributed by atoms with Gasteiger partial charge < -0.3 is 10.7 Å². The Bertz CT molecular complexity index is 609. The summed E-state index contributed by atoms with van der Waals surface area (Å²) in [6, 6.07) is 5.88. The Balaban J connectivity index is 2.04. The van der Waals surface area contributed by atoms with E-state index in [2.05, 4.69) is 28.7 Å². The Labute approximate surface area is 122 Å². The zero-order valence-electron chi connectivity index (χ0n) is 11.6. The van der Waals surface area contributed by atoms with E-state index >= 15 is 0 Å². The number of nitrogens with one attached hydrogen (secondary N) is 2. The van der Waals surface area contributed by atoms with Crippen LogP contribution in [0.4, 0.5) is 5.69 Å². The van der Waals surface area contributed by atoms with Gasteiger partial charge in [-0.05, 0) is 31.5 Å². The predicted octanol–water partition coefficient (Wildman–Crippen LogP) is 2.23. The molecule has 106 valence electrons. The van der Waals surface area contributed by atoms with E-state index in [0.29, 0.717) is 17.8 Å². The standard InChI is InChI=1S/C14H18N4OS/c1-3-10-4-5-11(20-10)7-17-14(19)12-8-16-9(2)6-13(12)18-15/h4-6,8H,3,7,15H2,1-2H3,(H,16,18)(H,17,19). The molecule has 1 amide bonds. The molecule has 20 heavy (non-hydrogen) atoms. The molecule has 2 heterocycles. The van der Waals surface area contributed by atoms with Gasteiger partial charge in [-0.25, -0.2) is 0 Å². The second kappa shape index (κ2) is 6.49. The minimum absolute atomic E-state index is 0.183. The number of aromatic nitrogens is 1. The van der Waals surface area contributed by atoms with Crippen LogP contribution >= 0.6 is 11.3 Å². The molecule has 0 radical (unpaired) electrons. The molecule has 0 aliphatic rings. The number of hydrogen-bond acceptors (Lipinski definition) is 5. The van der Waals surface area contributed by atoms with E-state index in [9.17, 15) is 4.79 Å². The second-order valence-electron chi connectivity index (χ2n) is 4.42. The molecule has 0 aliphatic carbocycles. The lowest BCUT2D eigenvalue weighted by Crippen LogP contribution is -2.24. The van der Waals surface area contributed by atoms with Gasteiger partial charge >= 0.3 is 0 Å². The first-order chi connectivity index (χ1) is 9.63. The van der Waals surface area contributed by atoms with Crippen molar-refractivity contribution in [3.63, 3.8) is 0 Å². The third-order valence-corrected chi connectivity index (χ3v) is 4.16. The van der Waals surface area contributed by atoms with Gasteiger partial charge in [0.1, 0.15) is 0 Å². The molecule has 0 aliphatic heterocycles. The molecule has 5 nitrogen and oxygen atoms in total. The van der Waals surface area contributed by atoms with Gasteiger partial charge in [-0.1, -0.05) is 6.92 Å². The van der Waals surface area contributed by atoms with Crippen LogP contribution < -0.4 is 16.6 Å². The third kappa shape index (κ3) is 3.34. The molecule has 6 heteroatoms. The molecule has 0 unspecified atom stereocenters. The molecule has 0 bridgehead atoms. The Morgan fingerprint density at radius 1 is 1.40 bits per heavy atom. The fourth-order valence-electron chi connectivity index (χ4n) is 1.83. The maximum absolute atomic E-state index is 12.1. The van der Waals surface area contributed by atoms with Crippen molar-refractivity contribution in [3.8, 4) is 0 Å². The Hall–Kier alpha value is -1.92. The molecule has 0 fully saturated rings. The van der Waals surface area contributed by atoms with Crippen molar-refractivity contribution >= 4 is 22.9 Å². The third-order valence-electron chi connectivity index (χ3n) is 2.93. The number of nitrogens with zero attached hydrogens (tertiary/aromatic N) is 1. The minimum Gasteiger partial charge on any atom is -0.347 e. The van der Waals surface area contributed by atoms with Crippen molar-refractivity contribution in [1.82, 2.24) is 10.3 Å². The maximum atomic E-state index is 12.1. The summed E-state index contributed by atoms with van der Waals surface area (Å²) in [5.74, 6) is 5.25. The second-order valence-corrected chi connectivity index (χ2v) is 5.67. The van der Waals surface area contributed by atoms with E-state index < -0.39 is 0 Å². The van der Waals surface area contributed by atoms with E-state index in [1.54, 1.807) is 17.4 Å². The van der Waals surface area contributed by atoms with Crippen LogP contribution in [0.15, 0.2) is 24.4 Å². The highest BCUT2D eigenvalue weighted by atomic mass is 32.1. The fourth-order valence-corrected chi connectivity index (χ4v) is 2.73. The summed E-state index contributed by atoms with van der Waals surface area (Å²) in [5.41, 5.74) is 4.36. The number of carbonyl (C=O) groups is 1. The Morgan fingerprint density at radius 3 is 2.80 bits per heavy atom. The predicted molar refractivity (Wildman–Crippen MR) is 81.7 cm³/mol. The smallest absolute Gasteiger partial charge is 0.255 e. The number of carbonyl (C=O) groups excluding carboxylic acids is 1. The number of amides is 1. The summed E-state index contributed by atoms with van der Waals surface area (Å²) in [4.78, 5) is 18.7. The van der Waals surface area contributed by atoms with Crippen molar-refractivity contribution in [2.75, 3.05) is 5.43 Å². The molecule has 4 N–H and O–H groups in total. The minimum atomic E-state index is -0.183. The van der Waals surface area contributed by atoms with Crippen molar-refractivity contribution in [1.29, 1.82) is 0 Å². The van der Waals surface area contributed by atoms with Gasteiger partial charge in [-0.2, -0.15) is 0 Å². The number of pyridine rings is 1. The summed E-state index contributed by atoms with van der Waals surface area (Å²) >= 11 is 1.71. The normalized spacial score (nSPS) is 10.3. The molecule has 0 saturated heterocycles. The fraction of sp³-hybridized carbons (Fsp3) is 0.286. The van der Waals surface area contributed by atoms with Crippen LogP contribution in [-0.4, -0.2) is 10.9 Å². The first-order valence-corrected chi connectivity index (χ1v) is 7.24. The van der Waals surface area contributed by atoms with Crippen LogP contribution in [0, 0.1) is 6.92 Å². The molecule has 2 aromatic heterocycles. The number of nitrogens with two attached hydrogens (primary N) is 1. The lowest BCUT2D eigenvalue weighted by atomic mass is 10.2. The summed E-state index contributed by atoms with van der Waals surface area (Å²) in [7, 11) is 0. The highest BCUT2D eigenvalue weighted by Gasteiger charge is 2.12. The summed E-state index contributed by atoms with van der Waals surface area (Å²) < 4.78 is 0. The average molecular weight is 290 g/mol. The lowest BCUT2D eigenvalue weighted by molar-refractivity contribution is 0.0951. The highest BCUT2D eigenvalue weighted by molar-refractivity contribution is 7.11. The average Bonchev–Trinajstić information content (AvgIpc) is 2.92. The molecule has 2 aromatic rings. The highest BCUT2D eigenvalue weighted by Crippen LogP contribution is 2.18. The number of anilines is 1. The SMILES string of the molecule is CCc1ccc(CNC(=O)c2cnc(C)cc2NN)s1. The molecule has 0 atom stereocenters. The van der Waals surface area contributed by atoms with E-state index in [-0.39, 0.29) is 5.91 Å². The zero-order valence-corrected chi connectivity index (χ0v) is 12.4. The number of rotatable bonds is 5. The number of aryl methyl sites for hydroxylation is 2. The number of nitrogen functional groups attached to an aromatic ring is 1. The van der Waals surface area contributed by atoms with Gasteiger partial charge in [-0.15, -0.1) is 11.3 Å². The van der Waals surface area contributed by atoms with Crippen LogP contribution in [0.2, 0.25) is 0 Å². The van der Waals surface area contributed by atoms with Gasteiger partial charge in [0.05, 0.1) is 17.8 Å². The lowest BCUT2D eigenvalue weighted by Gasteiger charge is -2.09. The molecular formula is C14H18N4OS. The summed E-state index contributed by atoms with van der Waals surface area (Å²) in [5, 5.41) is 2.88.